The molecule has 0 saturated heterocycles. The first-order chi connectivity index (χ1) is 16.3. The Hall–Kier alpha value is -2.91. The smallest absolute Gasteiger partial charge is 0.304 e. The van der Waals surface area contributed by atoms with Crippen LogP contribution in [0.1, 0.15) is 45.2 Å². The van der Waals surface area contributed by atoms with Crippen LogP contribution in [0.25, 0.3) is 0 Å². The van der Waals surface area contributed by atoms with E-state index >= 15 is 0 Å². The number of benzene rings is 2. The normalized spacial score (nSPS) is 12.8. The molecule has 2 amide bonds. The third-order valence-corrected chi connectivity index (χ3v) is 7.37. The number of nitrogens with zero attached hydrogens (tertiary/aromatic N) is 3. The summed E-state index contributed by atoms with van der Waals surface area (Å²) in [5.74, 6) is -0.734. The molecule has 2 aromatic rings. The number of hydrogen-bond donors (Lipinski definition) is 1. The van der Waals surface area contributed by atoms with Gasteiger partial charge in [-0.3, -0.25) is 9.59 Å². The number of carbonyl (C=O) groups is 2. The summed E-state index contributed by atoms with van der Waals surface area (Å²) in [7, 11) is -1.12. The average molecular weight is 503 g/mol. The van der Waals surface area contributed by atoms with Crippen LogP contribution < -0.4 is 9.62 Å². The molecule has 0 saturated carbocycles. The standard InChI is InChI=1S/C26H38N4O4S/c1-8-23(25(32)27-26(3,4)5)29(18-21-15-13-12-14-20(21)2)24(31)19-30(35(33,34)28(6)7)22-16-10-9-11-17-22/h9-17,23H,8,18-19H2,1-7H3,(H,27,32)/t23-/m1/s1. The maximum atomic E-state index is 13.8. The minimum Gasteiger partial charge on any atom is -0.350 e. The fourth-order valence-corrected chi connectivity index (χ4v) is 4.71. The molecule has 0 aliphatic rings. The molecule has 0 aromatic heterocycles. The van der Waals surface area contributed by atoms with Gasteiger partial charge in [-0.25, -0.2) is 4.31 Å². The third-order valence-electron chi connectivity index (χ3n) is 5.55. The minimum absolute atomic E-state index is 0.187. The molecule has 192 valence electrons. The van der Waals surface area contributed by atoms with Gasteiger partial charge >= 0.3 is 10.2 Å². The Morgan fingerprint density at radius 1 is 0.971 bits per heavy atom. The van der Waals surface area contributed by atoms with Gasteiger partial charge in [0.15, 0.2) is 0 Å². The third kappa shape index (κ3) is 7.53. The monoisotopic (exact) mass is 502 g/mol. The van der Waals surface area contributed by atoms with Crippen molar-refractivity contribution in [3.8, 4) is 0 Å². The molecule has 0 aliphatic carbocycles. The highest BCUT2D eigenvalue weighted by atomic mass is 32.2. The second-order valence-corrected chi connectivity index (χ2v) is 11.8. The summed E-state index contributed by atoms with van der Waals surface area (Å²) in [6, 6.07) is 15.4. The fraction of sp³-hybridized carbons (Fsp3) is 0.462. The number of aryl methyl sites for hydroxylation is 1. The van der Waals surface area contributed by atoms with Crippen molar-refractivity contribution in [3.05, 3.63) is 65.7 Å². The number of nitrogens with one attached hydrogen (secondary N) is 1. The van der Waals surface area contributed by atoms with Crippen LogP contribution in [0.15, 0.2) is 54.6 Å². The maximum Gasteiger partial charge on any atom is 0.304 e. The molecule has 1 N–H and O–H groups in total. The Bertz CT molecular complexity index is 1110. The molecular weight excluding hydrogens is 464 g/mol. The largest absolute Gasteiger partial charge is 0.350 e. The molecule has 2 aromatic carbocycles. The average Bonchev–Trinajstić information content (AvgIpc) is 2.77. The van der Waals surface area contributed by atoms with Crippen LogP contribution >= 0.6 is 0 Å². The lowest BCUT2D eigenvalue weighted by atomic mass is 10.0. The molecule has 0 aliphatic heterocycles. The van der Waals surface area contributed by atoms with E-state index in [0.29, 0.717) is 12.1 Å². The van der Waals surface area contributed by atoms with Gasteiger partial charge < -0.3 is 10.2 Å². The van der Waals surface area contributed by atoms with Gasteiger partial charge in [0.25, 0.3) is 0 Å². The topological polar surface area (TPSA) is 90.0 Å². The van der Waals surface area contributed by atoms with Crippen LogP contribution in [0.4, 0.5) is 5.69 Å². The van der Waals surface area contributed by atoms with Crippen LogP contribution in [0.2, 0.25) is 0 Å². The lowest BCUT2D eigenvalue weighted by Crippen LogP contribution is -2.55. The maximum absolute atomic E-state index is 13.8. The van der Waals surface area contributed by atoms with Crippen LogP contribution in [0.5, 0.6) is 0 Å². The Labute approximate surface area is 210 Å². The van der Waals surface area contributed by atoms with Crippen molar-refractivity contribution in [2.75, 3.05) is 24.9 Å². The lowest BCUT2D eigenvalue weighted by Gasteiger charge is -2.35. The zero-order valence-electron chi connectivity index (χ0n) is 21.8. The summed E-state index contributed by atoms with van der Waals surface area (Å²) >= 11 is 0. The van der Waals surface area contributed by atoms with Crippen molar-refractivity contribution in [1.29, 1.82) is 0 Å². The van der Waals surface area contributed by atoms with E-state index in [9.17, 15) is 18.0 Å². The molecule has 0 radical (unpaired) electrons. The fourth-order valence-electron chi connectivity index (χ4n) is 3.65. The molecule has 35 heavy (non-hydrogen) atoms. The van der Waals surface area contributed by atoms with Gasteiger partial charge in [0.2, 0.25) is 11.8 Å². The number of carbonyl (C=O) groups excluding carboxylic acids is 2. The van der Waals surface area contributed by atoms with Crippen LogP contribution in [0, 0.1) is 6.92 Å². The number of anilines is 1. The molecule has 8 nitrogen and oxygen atoms in total. The quantitative estimate of drug-likeness (QED) is 0.540. The summed E-state index contributed by atoms with van der Waals surface area (Å²) in [5, 5.41) is 2.97. The van der Waals surface area contributed by atoms with Crippen LogP contribution in [0.3, 0.4) is 0 Å². The van der Waals surface area contributed by atoms with Gasteiger partial charge in [-0.2, -0.15) is 12.7 Å². The van der Waals surface area contributed by atoms with E-state index in [4.69, 9.17) is 0 Å². The SMILES string of the molecule is CC[C@H](C(=O)NC(C)(C)C)N(Cc1ccccc1C)C(=O)CN(c1ccccc1)S(=O)(=O)N(C)C. The highest BCUT2D eigenvalue weighted by molar-refractivity contribution is 7.90. The van der Waals surface area contributed by atoms with Crippen LogP contribution in [-0.2, 0) is 26.3 Å². The van der Waals surface area contributed by atoms with Crippen molar-refractivity contribution < 1.29 is 18.0 Å². The van der Waals surface area contributed by atoms with Gasteiger partial charge in [0.1, 0.15) is 12.6 Å². The van der Waals surface area contributed by atoms with Crippen molar-refractivity contribution in [2.45, 2.75) is 59.2 Å². The van der Waals surface area contributed by atoms with E-state index in [2.05, 4.69) is 5.32 Å². The number of para-hydroxylation sites is 1. The van der Waals surface area contributed by atoms with Gasteiger partial charge in [0.05, 0.1) is 5.69 Å². The molecular formula is C26H38N4O4S. The number of amides is 2. The zero-order chi connectivity index (χ0) is 26.4. The second-order valence-electron chi connectivity index (χ2n) is 9.74. The highest BCUT2D eigenvalue weighted by Crippen LogP contribution is 2.22. The molecule has 2 rings (SSSR count). The highest BCUT2D eigenvalue weighted by Gasteiger charge is 2.34. The second kappa shape index (κ2) is 11.7. The Balaban J connectivity index is 2.51. The molecule has 0 bridgehead atoms. The predicted octanol–water partition coefficient (Wildman–Crippen LogP) is 3.33. The van der Waals surface area contributed by atoms with E-state index in [1.165, 1.54) is 19.0 Å². The molecule has 0 fully saturated rings. The van der Waals surface area contributed by atoms with E-state index < -0.39 is 34.2 Å². The van der Waals surface area contributed by atoms with Crippen molar-refractivity contribution in [3.63, 3.8) is 0 Å². The van der Waals surface area contributed by atoms with Gasteiger partial charge in [-0.15, -0.1) is 0 Å². The Kier molecular flexibility index (Phi) is 9.45. The first kappa shape index (κ1) is 28.3. The van der Waals surface area contributed by atoms with E-state index in [1.54, 1.807) is 30.3 Å². The minimum atomic E-state index is -3.96. The van der Waals surface area contributed by atoms with Crippen LogP contribution in [-0.4, -0.2) is 61.7 Å². The number of hydrogen-bond acceptors (Lipinski definition) is 4. The van der Waals surface area contributed by atoms with E-state index in [-0.39, 0.29) is 12.5 Å². The summed E-state index contributed by atoms with van der Waals surface area (Å²) < 4.78 is 28.5. The zero-order valence-corrected chi connectivity index (χ0v) is 22.6. The summed E-state index contributed by atoms with van der Waals surface area (Å²) in [6.45, 7) is 9.18. The van der Waals surface area contributed by atoms with E-state index in [0.717, 1.165) is 19.7 Å². The summed E-state index contributed by atoms with van der Waals surface area (Å²) in [5.41, 5.74) is 1.77. The van der Waals surface area contributed by atoms with Crippen molar-refractivity contribution >= 4 is 27.7 Å². The molecule has 9 heteroatoms. The first-order valence-corrected chi connectivity index (χ1v) is 13.1. The van der Waals surface area contributed by atoms with Gasteiger partial charge in [0, 0.05) is 26.2 Å². The van der Waals surface area contributed by atoms with Gasteiger partial charge in [-0.05, 0) is 57.4 Å². The summed E-state index contributed by atoms with van der Waals surface area (Å²) in [4.78, 5) is 28.5. The lowest BCUT2D eigenvalue weighted by molar-refractivity contribution is -0.141. The van der Waals surface area contributed by atoms with Crippen molar-refractivity contribution in [1.82, 2.24) is 14.5 Å². The predicted molar refractivity (Wildman–Crippen MR) is 140 cm³/mol. The first-order valence-electron chi connectivity index (χ1n) is 11.7. The molecule has 1 atom stereocenters. The Morgan fingerprint density at radius 2 is 1.54 bits per heavy atom. The van der Waals surface area contributed by atoms with Crippen molar-refractivity contribution in [2.24, 2.45) is 0 Å². The molecule has 0 spiro atoms. The molecule has 0 unspecified atom stereocenters. The van der Waals surface area contributed by atoms with Gasteiger partial charge in [-0.1, -0.05) is 49.4 Å². The van der Waals surface area contributed by atoms with E-state index in [1.807, 2.05) is 58.9 Å². The Morgan fingerprint density at radius 3 is 2.06 bits per heavy atom. The summed E-state index contributed by atoms with van der Waals surface area (Å²) in [6.07, 6.45) is 0.380. The number of rotatable bonds is 10. The molecule has 0 heterocycles.